The second-order valence-electron chi connectivity index (χ2n) is 6.24. The molecule has 0 N–H and O–H groups in total. The molecule has 1 atom stereocenters. The van der Waals surface area contributed by atoms with Gasteiger partial charge in [0.25, 0.3) is 5.91 Å². The highest BCUT2D eigenvalue weighted by Gasteiger charge is 2.21. The van der Waals surface area contributed by atoms with E-state index in [1.165, 1.54) is 0 Å². The number of rotatable bonds is 6. The van der Waals surface area contributed by atoms with E-state index in [4.69, 9.17) is 11.6 Å². The van der Waals surface area contributed by atoms with Gasteiger partial charge in [-0.25, -0.2) is 0 Å². The van der Waals surface area contributed by atoms with Gasteiger partial charge in [0.05, 0.1) is 0 Å². The Kier molecular flexibility index (Phi) is 5.68. The molecule has 1 aromatic heterocycles. The molecule has 0 unspecified atom stereocenters. The fourth-order valence-electron chi connectivity index (χ4n) is 2.76. The van der Waals surface area contributed by atoms with Gasteiger partial charge >= 0.3 is 0 Å². The zero-order valence-corrected chi connectivity index (χ0v) is 15.6. The number of amides is 1. The second kappa shape index (κ2) is 8.15. The molecular formula is C20H21ClN4O. The van der Waals surface area contributed by atoms with E-state index in [2.05, 4.69) is 24.0 Å². The van der Waals surface area contributed by atoms with Gasteiger partial charge in [0, 0.05) is 28.9 Å². The number of aromatic nitrogens is 3. The summed E-state index contributed by atoms with van der Waals surface area (Å²) >= 11 is 6.09. The first-order valence-corrected chi connectivity index (χ1v) is 8.96. The molecule has 26 heavy (non-hydrogen) atoms. The molecule has 2 aromatic carbocycles. The Morgan fingerprint density at radius 2 is 1.85 bits per heavy atom. The van der Waals surface area contributed by atoms with Crippen molar-refractivity contribution in [3.8, 4) is 5.69 Å². The van der Waals surface area contributed by atoms with E-state index in [0.29, 0.717) is 17.1 Å². The van der Waals surface area contributed by atoms with Gasteiger partial charge in [-0.05, 0) is 55.3 Å². The highest BCUT2D eigenvalue weighted by molar-refractivity contribution is 6.30. The Labute approximate surface area is 158 Å². The summed E-state index contributed by atoms with van der Waals surface area (Å²) < 4.78 is 1.80. The fourth-order valence-corrected chi connectivity index (χ4v) is 2.97. The maximum absolute atomic E-state index is 13.1. The van der Waals surface area contributed by atoms with Crippen molar-refractivity contribution in [2.75, 3.05) is 0 Å². The molecule has 0 spiro atoms. The van der Waals surface area contributed by atoms with Gasteiger partial charge in [-0.1, -0.05) is 30.7 Å². The lowest BCUT2D eigenvalue weighted by Gasteiger charge is -2.29. The predicted molar refractivity (Wildman–Crippen MR) is 102 cm³/mol. The van der Waals surface area contributed by atoms with E-state index >= 15 is 0 Å². The smallest absolute Gasteiger partial charge is 0.254 e. The van der Waals surface area contributed by atoms with Crippen LogP contribution in [0.25, 0.3) is 5.69 Å². The highest BCUT2D eigenvalue weighted by Crippen LogP contribution is 2.19. The van der Waals surface area contributed by atoms with E-state index in [1.807, 2.05) is 53.4 Å². The van der Waals surface area contributed by atoms with E-state index in [-0.39, 0.29) is 11.9 Å². The first-order chi connectivity index (χ1) is 12.6. The van der Waals surface area contributed by atoms with Crippen LogP contribution in [-0.4, -0.2) is 31.6 Å². The van der Waals surface area contributed by atoms with Gasteiger partial charge in [-0.3, -0.25) is 9.36 Å². The summed E-state index contributed by atoms with van der Waals surface area (Å²) in [6.07, 6.45) is 4.13. The van der Waals surface area contributed by atoms with Gasteiger partial charge in [-0.2, -0.15) is 0 Å². The highest BCUT2D eigenvalue weighted by atomic mass is 35.5. The van der Waals surface area contributed by atoms with E-state index < -0.39 is 0 Å². The van der Waals surface area contributed by atoms with Crippen molar-refractivity contribution >= 4 is 17.5 Å². The van der Waals surface area contributed by atoms with Crippen LogP contribution in [0.1, 0.15) is 36.2 Å². The number of halogens is 1. The van der Waals surface area contributed by atoms with Gasteiger partial charge < -0.3 is 4.90 Å². The van der Waals surface area contributed by atoms with Crippen LogP contribution in [0.5, 0.6) is 0 Å². The van der Waals surface area contributed by atoms with Crippen molar-refractivity contribution < 1.29 is 4.79 Å². The van der Waals surface area contributed by atoms with Crippen molar-refractivity contribution in [1.29, 1.82) is 0 Å². The number of nitrogens with zero attached hydrogens (tertiary/aromatic N) is 4. The van der Waals surface area contributed by atoms with Gasteiger partial charge in [0.15, 0.2) is 0 Å². The molecule has 3 aromatic rings. The topological polar surface area (TPSA) is 51.0 Å². The number of hydrogen-bond acceptors (Lipinski definition) is 3. The summed E-state index contributed by atoms with van der Waals surface area (Å²) in [5.41, 5.74) is 2.59. The van der Waals surface area contributed by atoms with Crippen molar-refractivity contribution in [3.05, 3.63) is 77.3 Å². The quantitative estimate of drug-likeness (QED) is 0.649. The summed E-state index contributed by atoms with van der Waals surface area (Å²) in [5, 5.41) is 8.28. The average Bonchev–Trinajstić information content (AvgIpc) is 3.20. The maximum atomic E-state index is 13.1. The lowest BCUT2D eigenvalue weighted by Crippen LogP contribution is -2.37. The number of benzene rings is 2. The Balaban J connectivity index is 1.83. The molecule has 0 aliphatic heterocycles. The molecule has 0 aliphatic rings. The summed E-state index contributed by atoms with van der Waals surface area (Å²) in [6, 6.07) is 15.2. The van der Waals surface area contributed by atoms with Crippen LogP contribution in [0.2, 0.25) is 5.02 Å². The predicted octanol–water partition coefficient (Wildman–Crippen LogP) is 4.36. The van der Waals surface area contributed by atoms with Crippen LogP contribution < -0.4 is 0 Å². The molecule has 6 heteroatoms. The summed E-state index contributed by atoms with van der Waals surface area (Å²) in [7, 11) is 0. The Morgan fingerprint density at radius 1 is 1.15 bits per heavy atom. The molecule has 0 bridgehead atoms. The van der Waals surface area contributed by atoms with Crippen molar-refractivity contribution in [2.45, 2.75) is 32.9 Å². The third kappa shape index (κ3) is 4.11. The average molecular weight is 369 g/mol. The minimum Gasteiger partial charge on any atom is -0.332 e. The summed E-state index contributed by atoms with van der Waals surface area (Å²) in [5.74, 6) is 0.00892. The maximum Gasteiger partial charge on any atom is 0.254 e. The largest absolute Gasteiger partial charge is 0.332 e. The van der Waals surface area contributed by atoms with Gasteiger partial charge in [0.1, 0.15) is 12.7 Å². The second-order valence-corrected chi connectivity index (χ2v) is 6.67. The third-order valence-electron chi connectivity index (χ3n) is 4.46. The first kappa shape index (κ1) is 18.1. The zero-order chi connectivity index (χ0) is 18.5. The molecule has 134 valence electrons. The normalized spacial score (nSPS) is 12.0. The van der Waals surface area contributed by atoms with E-state index in [9.17, 15) is 4.79 Å². The lowest BCUT2D eigenvalue weighted by atomic mass is 10.1. The van der Waals surface area contributed by atoms with Crippen molar-refractivity contribution in [1.82, 2.24) is 19.7 Å². The molecule has 1 amide bonds. The molecule has 0 saturated heterocycles. The first-order valence-electron chi connectivity index (χ1n) is 8.59. The lowest BCUT2D eigenvalue weighted by molar-refractivity contribution is 0.0671. The van der Waals surface area contributed by atoms with E-state index in [1.54, 1.807) is 17.2 Å². The Hall–Kier alpha value is -2.66. The molecule has 0 aliphatic carbocycles. The molecule has 1 heterocycles. The number of carbonyl (C=O) groups excluding carboxylic acids is 1. The summed E-state index contributed by atoms with van der Waals surface area (Å²) in [4.78, 5) is 15.0. The van der Waals surface area contributed by atoms with E-state index in [0.717, 1.165) is 17.7 Å². The molecular weight excluding hydrogens is 348 g/mol. The number of carbonyl (C=O) groups is 1. The zero-order valence-electron chi connectivity index (χ0n) is 14.8. The Morgan fingerprint density at radius 3 is 2.46 bits per heavy atom. The molecule has 0 saturated carbocycles. The van der Waals surface area contributed by atoms with Crippen LogP contribution >= 0.6 is 11.6 Å². The van der Waals surface area contributed by atoms with Gasteiger partial charge in [-0.15, -0.1) is 10.2 Å². The van der Waals surface area contributed by atoms with Crippen molar-refractivity contribution in [2.24, 2.45) is 0 Å². The van der Waals surface area contributed by atoms with Crippen LogP contribution in [0.3, 0.4) is 0 Å². The van der Waals surface area contributed by atoms with Crippen molar-refractivity contribution in [3.63, 3.8) is 0 Å². The molecule has 3 rings (SSSR count). The van der Waals surface area contributed by atoms with Crippen LogP contribution in [0.15, 0.2) is 61.2 Å². The SMILES string of the molecule is CC[C@@H](C)N(Cc1cccc(Cl)c1)C(=O)c1ccc(-n2cnnc2)cc1. The van der Waals surface area contributed by atoms with Crippen LogP contribution in [0.4, 0.5) is 0 Å². The minimum absolute atomic E-state index is 0.00892. The standard InChI is InChI=1S/C20H21ClN4O/c1-3-15(2)25(12-16-5-4-6-18(21)11-16)20(26)17-7-9-19(10-8-17)24-13-22-23-14-24/h4-11,13-15H,3,12H2,1-2H3/t15-/m1/s1. The molecule has 5 nitrogen and oxygen atoms in total. The molecule has 0 fully saturated rings. The third-order valence-corrected chi connectivity index (χ3v) is 4.69. The summed E-state index contributed by atoms with van der Waals surface area (Å²) in [6.45, 7) is 4.67. The van der Waals surface area contributed by atoms with Crippen LogP contribution in [0, 0.1) is 0 Å². The fraction of sp³-hybridized carbons (Fsp3) is 0.250. The van der Waals surface area contributed by atoms with Crippen LogP contribution in [-0.2, 0) is 6.54 Å². The van der Waals surface area contributed by atoms with Gasteiger partial charge in [0.2, 0.25) is 0 Å². The minimum atomic E-state index is 0.00892. The monoisotopic (exact) mass is 368 g/mol. The Bertz CT molecular complexity index is 862. The molecule has 0 radical (unpaired) electrons. The number of hydrogen-bond donors (Lipinski definition) is 0.